The second-order valence-corrected chi connectivity index (χ2v) is 6.66. The van der Waals surface area contributed by atoms with Gasteiger partial charge in [-0.2, -0.15) is 0 Å². The van der Waals surface area contributed by atoms with Crippen LogP contribution in [-0.2, 0) is 9.59 Å². The molecule has 7 nitrogen and oxygen atoms in total. The van der Waals surface area contributed by atoms with Crippen molar-refractivity contribution in [3.8, 4) is 5.75 Å². The Morgan fingerprint density at radius 3 is 2.72 bits per heavy atom. The van der Waals surface area contributed by atoms with Gasteiger partial charge in [-0.05, 0) is 38.0 Å². The molecule has 3 amide bonds. The van der Waals surface area contributed by atoms with Crippen LogP contribution in [0.2, 0.25) is 0 Å². The Morgan fingerprint density at radius 2 is 2.04 bits per heavy atom. The zero-order valence-corrected chi connectivity index (χ0v) is 15.3. The Morgan fingerprint density at radius 1 is 1.32 bits per heavy atom. The largest absolute Gasteiger partial charge is 0.496 e. The number of carbonyl (C=O) groups is 3. The lowest BCUT2D eigenvalue weighted by molar-refractivity contribution is -0.129. The quantitative estimate of drug-likeness (QED) is 0.738. The highest BCUT2D eigenvalue weighted by atomic mass is 32.2. The maximum Gasteiger partial charge on any atom is 0.294 e. The summed E-state index contributed by atoms with van der Waals surface area (Å²) in [7, 11) is 5.33. The van der Waals surface area contributed by atoms with Crippen molar-refractivity contribution in [1.29, 1.82) is 0 Å². The lowest BCUT2D eigenvalue weighted by Crippen LogP contribution is -2.41. The number of carbonyl (C=O) groups excluding carboxylic acids is 3. The monoisotopic (exact) mass is 363 g/mol. The summed E-state index contributed by atoms with van der Waals surface area (Å²) in [5, 5.41) is 2.24. The summed E-state index contributed by atoms with van der Waals surface area (Å²) in [5.41, 5.74) is 0.700. The van der Waals surface area contributed by atoms with Gasteiger partial charge in [-0.25, -0.2) is 0 Å². The number of hydrogen-bond donors (Lipinski definition) is 1. The van der Waals surface area contributed by atoms with Gasteiger partial charge in [0.1, 0.15) is 12.3 Å². The van der Waals surface area contributed by atoms with Crippen LogP contribution in [0, 0.1) is 0 Å². The van der Waals surface area contributed by atoms with Gasteiger partial charge >= 0.3 is 0 Å². The fraction of sp³-hybridized carbons (Fsp3) is 0.353. The molecular formula is C17H21N3O4S. The molecule has 1 heterocycles. The van der Waals surface area contributed by atoms with Crippen molar-refractivity contribution in [2.75, 3.05) is 40.8 Å². The van der Waals surface area contributed by atoms with Crippen LogP contribution in [-0.4, -0.2) is 67.7 Å². The molecule has 25 heavy (non-hydrogen) atoms. The van der Waals surface area contributed by atoms with E-state index in [2.05, 4.69) is 5.32 Å². The molecule has 0 bridgehead atoms. The fourth-order valence-electron chi connectivity index (χ4n) is 2.18. The van der Waals surface area contributed by atoms with Crippen molar-refractivity contribution in [1.82, 2.24) is 15.1 Å². The van der Waals surface area contributed by atoms with Gasteiger partial charge in [-0.1, -0.05) is 18.2 Å². The van der Waals surface area contributed by atoms with Gasteiger partial charge in [0.15, 0.2) is 0 Å². The van der Waals surface area contributed by atoms with Gasteiger partial charge in [-0.15, -0.1) is 0 Å². The number of ether oxygens (including phenoxy) is 1. The average Bonchev–Trinajstić information content (AvgIpc) is 2.82. The summed E-state index contributed by atoms with van der Waals surface area (Å²) >= 11 is 0.821. The number of amides is 3. The summed E-state index contributed by atoms with van der Waals surface area (Å²) in [4.78, 5) is 39.6. The van der Waals surface area contributed by atoms with Crippen molar-refractivity contribution < 1.29 is 19.1 Å². The number of hydrogen-bond acceptors (Lipinski definition) is 6. The van der Waals surface area contributed by atoms with Crippen LogP contribution in [0.5, 0.6) is 5.75 Å². The predicted octanol–water partition coefficient (Wildman–Crippen LogP) is 1.41. The Balaban J connectivity index is 2.04. The zero-order valence-electron chi connectivity index (χ0n) is 14.4. The molecule has 134 valence electrons. The maximum atomic E-state index is 12.4. The minimum Gasteiger partial charge on any atom is -0.496 e. The van der Waals surface area contributed by atoms with Crippen molar-refractivity contribution in [2.45, 2.75) is 0 Å². The Labute approximate surface area is 151 Å². The third-order valence-electron chi connectivity index (χ3n) is 3.48. The van der Waals surface area contributed by atoms with Crippen molar-refractivity contribution in [2.24, 2.45) is 0 Å². The van der Waals surface area contributed by atoms with E-state index in [4.69, 9.17) is 4.74 Å². The molecule has 1 aliphatic rings. The first-order valence-electron chi connectivity index (χ1n) is 7.72. The van der Waals surface area contributed by atoms with Gasteiger partial charge in [-0.3, -0.25) is 19.3 Å². The molecule has 2 rings (SSSR count). The maximum absolute atomic E-state index is 12.4. The minimum atomic E-state index is -0.469. The highest BCUT2D eigenvalue weighted by Crippen LogP contribution is 2.33. The number of likely N-dealkylation sites (N-methyl/N-ethyl adjacent to an activating group) is 1. The van der Waals surface area contributed by atoms with Crippen LogP contribution in [0.25, 0.3) is 6.08 Å². The molecule has 1 fully saturated rings. The van der Waals surface area contributed by atoms with Crippen LogP contribution >= 0.6 is 11.8 Å². The first kappa shape index (κ1) is 19.0. The molecule has 1 aromatic carbocycles. The Kier molecular flexibility index (Phi) is 6.60. The first-order valence-corrected chi connectivity index (χ1v) is 8.54. The molecule has 1 aliphatic heterocycles. The molecule has 0 atom stereocenters. The van der Waals surface area contributed by atoms with Gasteiger partial charge in [0.25, 0.3) is 11.1 Å². The van der Waals surface area contributed by atoms with E-state index in [-0.39, 0.29) is 17.4 Å². The number of methoxy groups -OCH3 is 1. The highest BCUT2D eigenvalue weighted by molar-refractivity contribution is 8.18. The molecule has 1 N–H and O–H groups in total. The van der Waals surface area contributed by atoms with Crippen LogP contribution in [0.15, 0.2) is 29.2 Å². The number of rotatable bonds is 7. The average molecular weight is 363 g/mol. The Hall–Kier alpha value is -2.32. The SMILES string of the molecule is COc1ccccc1/C=C1\SC(=O)N(CC(=O)NCCN(C)C)C1=O. The van der Waals surface area contributed by atoms with E-state index in [0.29, 0.717) is 24.4 Å². The van der Waals surface area contributed by atoms with Crippen LogP contribution < -0.4 is 10.1 Å². The number of benzene rings is 1. The lowest BCUT2D eigenvalue weighted by Gasteiger charge is -2.14. The van der Waals surface area contributed by atoms with Gasteiger partial charge in [0.05, 0.1) is 12.0 Å². The van der Waals surface area contributed by atoms with Gasteiger partial charge < -0.3 is 15.0 Å². The standard InChI is InChI=1S/C17H21N3O4S/c1-19(2)9-8-18-15(21)11-20-16(22)14(25-17(20)23)10-12-6-4-5-7-13(12)24-3/h4-7,10H,8-9,11H2,1-3H3,(H,18,21)/b14-10-. The smallest absolute Gasteiger partial charge is 0.294 e. The Bertz CT molecular complexity index is 703. The van der Waals surface area contributed by atoms with Crippen molar-refractivity contribution in [3.05, 3.63) is 34.7 Å². The topological polar surface area (TPSA) is 79.0 Å². The molecule has 1 saturated heterocycles. The predicted molar refractivity (Wildman–Crippen MR) is 97.2 cm³/mol. The summed E-state index contributed by atoms with van der Waals surface area (Å²) in [5.74, 6) is -0.220. The number of nitrogens with zero attached hydrogens (tertiary/aromatic N) is 2. The van der Waals surface area contributed by atoms with Crippen LogP contribution in [0.1, 0.15) is 5.56 Å². The van der Waals surface area contributed by atoms with E-state index in [1.54, 1.807) is 18.2 Å². The zero-order chi connectivity index (χ0) is 18.4. The molecule has 0 aliphatic carbocycles. The number of thioether (sulfide) groups is 1. The van der Waals surface area contributed by atoms with Gasteiger partial charge in [0.2, 0.25) is 5.91 Å². The molecule has 0 spiro atoms. The lowest BCUT2D eigenvalue weighted by atomic mass is 10.2. The van der Waals surface area contributed by atoms with E-state index in [9.17, 15) is 14.4 Å². The normalized spacial score (nSPS) is 16.0. The molecule has 0 radical (unpaired) electrons. The first-order chi connectivity index (χ1) is 11.9. The summed E-state index contributed by atoms with van der Waals surface area (Å²) in [6.45, 7) is 0.863. The van der Waals surface area contributed by atoms with E-state index >= 15 is 0 Å². The molecule has 0 unspecified atom stereocenters. The highest BCUT2D eigenvalue weighted by Gasteiger charge is 2.36. The third-order valence-corrected chi connectivity index (χ3v) is 4.39. The molecular weight excluding hydrogens is 342 g/mol. The molecule has 1 aromatic rings. The van der Waals surface area contributed by atoms with Crippen molar-refractivity contribution in [3.63, 3.8) is 0 Å². The van der Waals surface area contributed by atoms with E-state index in [1.807, 2.05) is 31.1 Å². The van der Waals surface area contributed by atoms with Crippen molar-refractivity contribution >= 4 is 34.9 Å². The number of para-hydroxylation sites is 1. The van der Waals surface area contributed by atoms with E-state index in [0.717, 1.165) is 16.7 Å². The molecule has 8 heteroatoms. The fourth-order valence-corrected chi connectivity index (χ4v) is 3.01. The van der Waals surface area contributed by atoms with Gasteiger partial charge in [0, 0.05) is 18.7 Å². The number of imide groups is 1. The molecule has 0 saturated carbocycles. The van der Waals surface area contributed by atoms with Crippen LogP contribution in [0.4, 0.5) is 4.79 Å². The van der Waals surface area contributed by atoms with E-state index in [1.165, 1.54) is 7.11 Å². The summed E-state index contributed by atoms with van der Waals surface area (Å²) in [6, 6.07) is 7.20. The molecule has 0 aromatic heterocycles. The third kappa shape index (κ3) is 5.07. The van der Waals surface area contributed by atoms with E-state index < -0.39 is 11.1 Å². The van der Waals surface area contributed by atoms with Crippen LogP contribution in [0.3, 0.4) is 0 Å². The summed E-state index contributed by atoms with van der Waals surface area (Å²) < 4.78 is 5.24. The second-order valence-electron chi connectivity index (χ2n) is 5.66. The minimum absolute atomic E-state index is 0.274. The number of nitrogens with one attached hydrogen (secondary N) is 1. The summed E-state index contributed by atoms with van der Waals surface area (Å²) in [6.07, 6.45) is 1.60. The second kappa shape index (κ2) is 8.68.